The highest BCUT2D eigenvalue weighted by molar-refractivity contribution is 9.09. The lowest BCUT2D eigenvalue weighted by atomic mass is 10.0. The van der Waals surface area contributed by atoms with Crippen LogP contribution in [0.4, 0.5) is 0 Å². The highest BCUT2D eigenvalue weighted by Crippen LogP contribution is 2.22. The van der Waals surface area contributed by atoms with Gasteiger partial charge in [0.05, 0.1) is 31.8 Å². The predicted octanol–water partition coefficient (Wildman–Crippen LogP) is 5.99. The van der Waals surface area contributed by atoms with Gasteiger partial charge in [0.25, 0.3) is 0 Å². The number of aliphatic carboxylic acids is 2. The quantitative estimate of drug-likeness (QED) is 0.0236. The Bertz CT molecular complexity index is 1070. The number of unbranched alkanes of at least 4 members (excludes halogenated alkanes) is 16. The number of ether oxygens (including phenoxy) is 4. The summed E-state index contributed by atoms with van der Waals surface area (Å²) in [6.45, 7) is 4.95. The van der Waals surface area contributed by atoms with Crippen LogP contribution in [0.5, 0.6) is 0 Å². The van der Waals surface area contributed by atoms with Gasteiger partial charge in [0.1, 0.15) is 18.4 Å². The molecule has 16 heteroatoms. The number of nitrogens with one attached hydrogen (secondary N) is 4. The summed E-state index contributed by atoms with van der Waals surface area (Å²) >= 11 is 3.09. The van der Waals surface area contributed by atoms with Crippen molar-refractivity contribution in [1.29, 1.82) is 0 Å². The average molecular weight is 894 g/mol. The summed E-state index contributed by atoms with van der Waals surface area (Å²) in [4.78, 5) is 57.8. The van der Waals surface area contributed by atoms with E-state index in [1.165, 1.54) is 44.9 Å². The Hall–Kier alpha value is -2.37. The molecule has 1 rings (SSSR count). The van der Waals surface area contributed by atoms with Gasteiger partial charge in [-0.3, -0.25) is 24.5 Å². The first-order chi connectivity index (χ1) is 28.2. The maximum absolute atomic E-state index is 12.3. The molecule has 0 spiro atoms. The van der Waals surface area contributed by atoms with Gasteiger partial charge in [0, 0.05) is 58.5 Å². The van der Waals surface area contributed by atoms with Gasteiger partial charge in [0.2, 0.25) is 17.7 Å². The minimum absolute atomic E-state index is 0.00618. The van der Waals surface area contributed by atoms with Crippen molar-refractivity contribution in [2.75, 3.05) is 64.6 Å². The van der Waals surface area contributed by atoms with Gasteiger partial charge in [-0.05, 0) is 44.9 Å². The van der Waals surface area contributed by atoms with E-state index in [0.29, 0.717) is 91.4 Å². The average Bonchev–Trinajstić information content (AvgIpc) is 3.96. The van der Waals surface area contributed by atoms with Crippen molar-refractivity contribution in [3.05, 3.63) is 0 Å². The lowest BCUT2D eigenvalue weighted by Crippen LogP contribution is -2.40. The van der Waals surface area contributed by atoms with E-state index in [1.807, 2.05) is 0 Å². The first kappa shape index (κ1) is 53.6. The summed E-state index contributed by atoms with van der Waals surface area (Å²) in [6, 6.07) is -0.905. The molecule has 3 atom stereocenters. The molecule has 0 radical (unpaired) electrons. The molecule has 58 heavy (non-hydrogen) atoms. The number of carboxylic acid groups (broad SMARTS) is 2. The second-order valence-corrected chi connectivity index (χ2v) is 15.7. The number of alkyl halides is 1. The van der Waals surface area contributed by atoms with Gasteiger partial charge in [-0.2, -0.15) is 0 Å². The summed E-state index contributed by atoms with van der Waals surface area (Å²) in [7, 11) is 0. The van der Waals surface area contributed by atoms with Crippen LogP contribution in [-0.4, -0.2) is 123 Å². The fourth-order valence-electron chi connectivity index (χ4n) is 6.41. The number of epoxide rings is 1. The molecule has 1 unspecified atom stereocenters. The molecule has 0 saturated carbocycles. The summed E-state index contributed by atoms with van der Waals surface area (Å²) in [5, 5.41) is 30.1. The molecule has 3 amide bonds. The van der Waals surface area contributed by atoms with E-state index in [0.717, 1.165) is 70.6 Å². The minimum Gasteiger partial charge on any atom is -0.481 e. The Morgan fingerprint density at radius 3 is 1.66 bits per heavy atom. The van der Waals surface area contributed by atoms with Gasteiger partial charge < -0.3 is 45.1 Å². The van der Waals surface area contributed by atoms with Crippen LogP contribution in [0.25, 0.3) is 0 Å². The van der Waals surface area contributed by atoms with Gasteiger partial charge in [-0.25, -0.2) is 4.79 Å². The van der Waals surface area contributed by atoms with Gasteiger partial charge in [-0.1, -0.05) is 99.4 Å². The first-order valence-corrected chi connectivity index (χ1v) is 23.3. The molecule has 1 aliphatic heterocycles. The lowest BCUT2D eigenvalue weighted by Gasteiger charge is -2.14. The third-order valence-electron chi connectivity index (χ3n) is 9.90. The van der Waals surface area contributed by atoms with E-state index in [9.17, 15) is 29.1 Å². The van der Waals surface area contributed by atoms with E-state index in [4.69, 9.17) is 24.1 Å². The third-order valence-corrected chi connectivity index (χ3v) is 10.4. The van der Waals surface area contributed by atoms with Crippen LogP contribution in [0.15, 0.2) is 0 Å². The fourth-order valence-corrected chi connectivity index (χ4v) is 6.61. The van der Waals surface area contributed by atoms with Crippen LogP contribution in [-0.2, 0) is 42.9 Å². The second kappa shape index (κ2) is 38.8. The number of hydrogen-bond donors (Lipinski definition) is 6. The molecule has 0 bridgehead atoms. The normalized spacial score (nSPS) is 15.2. The van der Waals surface area contributed by atoms with Crippen molar-refractivity contribution in [3.63, 3.8) is 0 Å². The van der Waals surface area contributed by atoms with E-state index in [-0.39, 0.29) is 41.8 Å². The predicted molar refractivity (Wildman–Crippen MR) is 227 cm³/mol. The molecular formula is C42H77BrN4O11. The molecule has 1 saturated heterocycles. The zero-order valence-electron chi connectivity index (χ0n) is 35.2. The minimum atomic E-state index is -1.03. The second-order valence-electron chi connectivity index (χ2n) is 15.1. The van der Waals surface area contributed by atoms with Crippen molar-refractivity contribution in [3.8, 4) is 0 Å². The van der Waals surface area contributed by atoms with E-state index >= 15 is 0 Å². The Kier molecular flexibility index (Phi) is 35.9. The zero-order chi connectivity index (χ0) is 42.3. The maximum atomic E-state index is 12.3. The van der Waals surface area contributed by atoms with Crippen LogP contribution in [0, 0.1) is 0 Å². The number of rotatable bonds is 44. The molecule has 338 valence electrons. The monoisotopic (exact) mass is 892 g/mol. The number of carbonyl (C=O) groups is 5. The number of amides is 3. The largest absolute Gasteiger partial charge is 0.481 e. The summed E-state index contributed by atoms with van der Waals surface area (Å²) < 4.78 is 22.3. The highest BCUT2D eigenvalue weighted by atomic mass is 79.9. The number of carbonyl (C=O) groups excluding carboxylic acids is 3. The Labute approximate surface area is 356 Å². The standard InChI is InChI=1S/C42H77BrN4O11/c43-34-39(50)45-26-30-57-33-32-56-29-24-36-41(58-36)46-27-31-55-28-19-13-15-21-37(48)44-25-18-17-20-35(42(53)54)47-38(49)22-14-11-9-7-5-3-1-2-4-6-8-10-12-16-23-40(51)52/h35-36,41,46H,1-34H2,(H,44,48)(H,45,50)(H,47,49)(H,51,52)(H,53,54)/t35-,36-,41?/m0/s1. The van der Waals surface area contributed by atoms with Crippen LogP contribution in [0.1, 0.15) is 154 Å². The number of halogens is 1. The Balaban J connectivity index is 1.85. The zero-order valence-corrected chi connectivity index (χ0v) is 36.8. The molecule has 0 aromatic heterocycles. The molecule has 1 heterocycles. The molecule has 0 aromatic rings. The highest BCUT2D eigenvalue weighted by Gasteiger charge is 2.37. The van der Waals surface area contributed by atoms with Gasteiger partial charge in [-0.15, -0.1) is 0 Å². The van der Waals surface area contributed by atoms with Crippen molar-refractivity contribution < 1.29 is 53.1 Å². The van der Waals surface area contributed by atoms with Crippen molar-refractivity contribution in [2.24, 2.45) is 0 Å². The molecule has 1 aliphatic rings. The van der Waals surface area contributed by atoms with Crippen LogP contribution in [0.3, 0.4) is 0 Å². The molecule has 1 fully saturated rings. The van der Waals surface area contributed by atoms with Crippen LogP contribution < -0.4 is 21.3 Å². The first-order valence-electron chi connectivity index (χ1n) is 22.2. The van der Waals surface area contributed by atoms with Crippen molar-refractivity contribution in [2.45, 2.75) is 172 Å². The lowest BCUT2D eigenvalue weighted by molar-refractivity contribution is -0.142. The maximum Gasteiger partial charge on any atom is 0.326 e. The molecule has 0 aliphatic carbocycles. The SMILES string of the molecule is O=C(O)CCCCCCCCCCCCCCCCC(=O)N[C@@H](CCCCNC(=O)CCCCCOCCNC1O[C@H]1CCOCCOCCNC(=O)CBr)C(=O)O. The molecule has 6 N–H and O–H groups in total. The number of hydrogen-bond acceptors (Lipinski definition) is 10. The van der Waals surface area contributed by atoms with Gasteiger partial charge >= 0.3 is 11.9 Å². The summed E-state index contributed by atoms with van der Waals surface area (Å²) in [6.07, 6.45) is 21.8. The summed E-state index contributed by atoms with van der Waals surface area (Å²) in [5.41, 5.74) is 0. The van der Waals surface area contributed by atoms with E-state index in [2.05, 4.69) is 37.2 Å². The summed E-state index contributed by atoms with van der Waals surface area (Å²) in [5.74, 6) is -2.01. The Morgan fingerprint density at radius 1 is 0.534 bits per heavy atom. The van der Waals surface area contributed by atoms with Crippen LogP contribution >= 0.6 is 15.9 Å². The van der Waals surface area contributed by atoms with Gasteiger partial charge in [0.15, 0.2) is 0 Å². The van der Waals surface area contributed by atoms with Crippen molar-refractivity contribution in [1.82, 2.24) is 21.3 Å². The molecule has 0 aromatic carbocycles. The van der Waals surface area contributed by atoms with E-state index < -0.39 is 18.0 Å². The Morgan fingerprint density at radius 2 is 1.05 bits per heavy atom. The van der Waals surface area contributed by atoms with E-state index in [1.54, 1.807) is 0 Å². The number of carboxylic acids is 2. The smallest absolute Gasteiger partial charge is 0.326 e. The molecule has 15 nitrogen and oxygen atoms in total. The third kappa shape index (κ3) is 35.6. The van der Waals surface area contributed by atoms with Crippen LogP contribution in [0.2, 0.25) is 0 Å². The van der Waals surface area contributed by atoms with Crippen molar-refractivity contribution >= 4 is 45.6 Å². The fraction of sp³-hybridized carbons (Fsp3) is 0.881. The molecular weight excluding hydrogens is 816 g/mol. The topological polar surface area (TPSA) is 214 Å².